The van der Waals surface area contributed by atoms with Crippen LogP contribution in [-0.2, 0) is 14.3 Å². The summed E-state index contributed by atoms with van der Waals surface area (Å²) in [5.41, 5.74) is 0. The minimum Gasteiger partial charge on any atom is -0.481 e. The first-order chi connectivity index (χ1) is 8.47. The van der Waals surface area contributed by atoms with Crippen molar-refractivity contribution in [1.29, 1.82) is 0 Å². The van der Waals surface area contributed by atoms with E-state index in [1.807, 2.05) is 20.8 Å². The monoisotopic (exact) mass is 257 g/mol. The van der Waals surface area contributed by atoms with Gasteiger partial charge in [-0.3, -0.25) is 9.59 Å². The molecule has 1 aliphatic heterocycles. The molecule has 1 fully saturated rings. The highest BCUT2D eigenvalue weighted by atomic mass is 16.5. The standard InChI is InChI=1S/C13H23NO4/c1-4-5-14(12(15)6-9(2)3)11-8-18-7-10(11)13(16)17/h9-11H,4-8H2,1-3H3,(H,16,17). The van der Waals surface area contributed by atoms with Crippen LogP contribution in [0, 0.1) is 11.8 Å². The molecule has 0 bridgehead atoms. The summed E-state index contributed by atoms with van der Waals surface area (Å²) in [6.07, 6.45) is 1.29. The van der Waals surface area contributed by atoms with Crippen LogP contribution in [0.1, 0.15) is 33.6 Å². The number of carbonyl (C=O) groups excluding carboxylic acids is 1. The molecule has 104 valence electrons. The van der Waals surface area contributed by atoms with Gasteiger partial charge in [0.1, 0.15) is 5.92 Å². The van der Waals surface area contributed by atoms with Crippen LogP contribution in [0.15, 0.2) is 0 Å². The van der Waals surface area contributed by atoms with E-state index in [-0.39, 0.29) is 24.5 Å². The Morgan fingerprint density at radius 2 is 2.06 bits per heavy atom. The van der Waals surface area contributed by atoms with Gasteiger partial charge in [-0.05, 0) is 12.3 Å². The molecule has 1 N–H and O–H groups in total. The molecule has 18 heavy (non-hydrogen) atoms. The third-order valence-electron chi connectivity index (χ3n) is 3.14. The van der Waals surface area contributed by atoms with E-state index in [9.17, 15) is 9.59 Å². The second kappa shape index (κ2) is 6.73. The van der Waals surface area contributed by atoms with Crippen LogP contribution in [0.2, 0.25) is 0 Å². The van der Waals surface area contributed by atoms with Crippen molar-refractivity contribution in [2.24, 2.45) is 11.8 Å². The van der Waals surface area contributed by atoms with E-state index in [2.05, 4.69) is 0 Å². The maximum absolute atomic E-state index is 12.2. The van der Waals surface area contributed by atoms with Gasteiger partial charge in [-0.15, -0.1) is 0 Å². The molecule has 0 aliphatic carbocycles. The minimum atomic E-state index is -0.879. The first kappa shape index (κ1) is 15.0. The van der Waals surface area contributed by atoms with Crippen LogP contribution in [0.5, 0.6) is 0 Å². The Morgan fingerprint density at radius 1 is 1.39 bits per heavy atom. The predicted molar refractivity (Wildman–Crippen MR) is 67.2 cm³/mol. The Hall–Kier alpha value is -1.10. The smallest absolute Gasteiger partial charge is 0.311 e. The highest BCUT2D eigenvalue weighted by Gasteiger charge is 2.39. The third kappa shape index (κ3) is 3.70. The Morgan fingerprint density at radius 3 is 2.56 bits per heavy atom. The number of hydrogen-bond acceptors (Lipinski definition) is 3. The Balaban J connectivity index is 2.77. The lowest BCUT2D eigenvalue weighted by Crippen LogP contribution is -2.47. The molecule has 1 amide bonds. The highest BCUT2D eigenvalue weighted by Crippen LogP contribution is 2.22. The fourth-order valence-corrected chi connectivity index (χ4v) is 2.27. The van der Waals surface area contributed by atoms with Crippen LogP contribution in [-0.4, -0.2) is 47.7 Å². The Bertz CT molecular complexity index is 303. The summed E-state index contributed by atoms with van der Waals surface area (Å²) in [6.45, 7) is 7.10. The van der Waals surface area contributed by atoms with Crippen molar-refractivity contribution in [1.82, 2.24) is 4.90 Å². The number of nitrogens with zero attached hydrogens (tertiary/aromatic N) is 1. The number of hydrogen-bond donors (Lipinski definition) is 1. The highest BCUT2D eigenvalue weighted by molar-refractivity contribution is 5.78. The molecule has 0 radical (unpaired) electrons. The van der Waals surface area contributed by atoms with Gasteiger partial charge in [0.25, 0.3) is 0 Å². The normalized spacial score (nSPS) is 23.3. The van der Waals surface area contributed by atoms with E-state index in [0.29, 0.717) is 19.6 Å². The van der Waals surface area contributed by atoms with Crippen molar-refractivity contribution in [2.75, 3.05) is 19.8 Å². The quantitative estimate of drug-likeness (QED) is 0.780. The summed E-state index contributed by atoms with van der Waals surface area (Å²) in [6, 6.07) is -0.311. The molecular formula is C13H23NO4. The van der Waals surface area contributed by atoms with E-state index in [4.69, 9.17) is 9.84 Å². The number of amides is 1. The molecule has 0 aromatic heterocycles. The van der Waals surface area contributed by atoms with Crippen molar-refractivity contribution in [3.05, 3.63) is 0 Å². The molecule has 2 unspecified atom stereocenters. The minimum absolute atomic E-state index is 0.0357. The van der Waals surface area contributed by atoms with Gasteiger partial charge in [-0.1, -0.05) is 20.8 Å². The maximum Gasteiger partial charge on any atom is 0.311 e. The second-order valence-corrected chi connectivity index (χ2v) is 5.23. The van der Waals surface area contributed by atoms with Gasteiger partial charge in [-0.25, -0.2) is 0 Å². The Labute approximate surface area is 108 Å². The lowest BCUT2D eigenvalue weighted by Gasteiger charge is -2.30. The van der Waals surface area contributed by atoms with Crippen molar-refractivity contribution in [3.63, 3.8) is 0 Å². The zero-order chi connectivity index (χ0) is 13.7. The van der Waals surface area contributed by atoms with Crippen molar-refractivity contribution in [2.45, 2.75) is 39.7 Å². The van der Waals surface area contributed by atoms with Gasteiger partial charge in [0.05, 0.1) is 19.3 Å². The van der Waals surface area contributed by atoms with E-state index in [0.717, 1.165) is 6.42 Å². The summed E-state index contributed by atoms with van der Waals surface area (Å²) >= 11 is 0. The topological polar surface area (TPSA) is 66.8 Å². The first-order valence-corrected chi connectivity index (χ1v) is 6.57. The molecule has 0 spiro atoms. The second-order valence-electron chi connectivity index (χ2n) is 5.23. The Kier molecular flexibility index (Phi) is 5.59. The predicted octanol–water partition coefficient (Wildman–Crippen LogP) is 1.37. The van der Waals surface area contributed by atoms with Crippen LogP contribution in [0.4, 0.5) is 0 Å². The number of rotatable bonds is 6. The summed E-state index contributed by atoms with van der Waals surface area (Å²) in [5.74, 6) is -1.15. The van der Waals surface area contributed by atoms with Crippen molar-refractivity contribution >= 4 is 11.9 Å². The number of carboxylic acids is 1. The summed E-state index contributed by atoms with van der Waals surface area (Å²) in [5, 5.41) is 9.15. The molecular weight excluding hydrogens is 234 g/mol. The summed E-state index contributed by atoms with van der Waals surface area (Å²) in [4.78, 5) is 25.0. The zero-order valence-electron chi connectivity index (χ0n) is 11.4. The fourth-order valence-electron chi connectivity index (χ4n) is 2.27. The van der Waals surface area contributed by atoms with Crippen LogP contribution in [0.3, 0.4) is 0 Å². The SMILES string of the molecule is CCCN(C(=O)CC(C)C)C1COCC1C(=O)O. The van der Waals surface area contributed by atoms with E-state index in [1.54, 1.807) is 4.90 Å². The molecule has 0 aromatic carbocycles. The van der Waals surface area contributed by atoms with E-state index < -0.39 is 11.9 Å². The molecule has 1 rings (SSSR count). The van der Waals surface area contributed by atoms with Crippen molar-refractivity contribution in [3.8, 4) is 0 Å². The maximum atomic E-state index is 12.2. The largest absolute Gasteiger partial charge is 0.481 e. The van der Waals surface area contributed by atoms with Gasteiger partial charge in [0.15, 0.2) is 0 Å². The molecule has 1 aliphatic rings. The molecule has 5 nitrogen and oxygen atoms in total. The average Bonchev–Trinajstić information content (AvgIpc) is 2.73. The van der Waals surface area contributed by atoms with Crippen LogP contribution >= 0.6 is 0 Å². The summed E-state index contributed by atoms with van der Waals surface area (Å²) < 4.78 is 5.24. The number of aliphatic carboxylic acids is 1. The number of carbonyl (C=O) groups is 2. The molecule has 5 heteroatoms. The lowest BCUT2D eigenvalue weighted by atomic mass is 10.0. The van der Waals surface area contributed by atoms with Crippen LogP contribution in [0.25, 0.3) is 0 Å². The van der Waals surface area contributed by atoms with Crippen molar-refractivity contribution < 1.29 is 19.4 Å². The lowest BCUT2D eigenvalue weighted by molar-refractivity contribution is -0.145. The first-order valence-electron chi connectivity index (χ1n) is 6.57. The van der Waals surface area contributed by atoms with Gasteiger partial charge < -0.3 is 14.7 Å². The molecule has 1 saturated heterocycles. The zero-order valence-corrected chi connectivity index (χ0v) is 11.4. The third-order valence-corrected chi connectivity index (χ3v) is 3.14. The molecule has 2 atom stereocenters. The number of carboxylic acid groups (broad SMARTS) is 1. The molecule has 0 aromatic rings. The molecule has 0 saturated carbocycles. The van der Waals surface area contributed by atoms with Gasteiger partial charge in [-0.2, -0.15) is 0 Å². The fraction of sp³-hybridized carbons (Fsp3) is 0.846. The van der Waals surface area contributed by atoms with Crippen LogP contribution < -0.4 is 0 Å². The number of ether oxygens (including phenoxy) is 1. The van der Waals surface area contributed by atoms with Gasteiger partial charge >= 0.3 is 5.97 Å². The van der Waals surface area contributed by atoms with E-state index >= 15 is 0 Å². The average molecular weight is 257 g/mol. The van der Waals surface area contributed by atoms with Gasteiger partial charge in [0, 0.05) is 13.0 Å². The summed E-state index contributed by atoms with van der Waals surface area (Å²) in [7, 11) is 0. The molecule has 1 heterocycles. The van der Waals surface area contributed by atoms with Gasteiger partial charge in [0.2, 0.25) is 5.91 Å². The van der Waals surface area contributed by atoms with E-state index in [1.165, 1.54) is 0 Å².